The van der Waals surface area contributed by atoms with E-state index in [0.717, 1.165) is 24.3 Å². The summed E-state index contributed by atoms with van der Waals surface area (Å²) in [6.45, 7) is 0. The van der Waals surface area contributed by atoms with Crippen LogP contribution >= 0.6 is 0 Å². The van der Waals surface area contributed by atoms with Crippen molar-refractivity contribution < 1.29 is 22.7 Å². The van der Waals surface area contributed by atoms with E-state index in [4.69, 9.17) is 0 Å². The molecule has 5 heteroatoms. The average molecular weight is 294 g/mol. The first kappa shape index (κ1) is 15.1. The van der Waals surface area contributed by atoms with Gasteiger partial charge < -0.3 is 5.11 Å². The minimum absolute atomic E-state index is 0.335. The van der Waals surface area contributed by atoms with Crippen molar-refractivity contribution in [3.8, 4) is 11.8 Å². The Bertz CT molecular complexity index is 665. The predicted octanol–water partition coefficient (Wildman–Crippen LogP) is 3.63. The molecule has 0 heterocycles. The summed E-state index contributed by atoms with van der Waals surface area (Å²) in [6.07, 6.45) is -5.01. The van der Waals surface area contributed by atoms with E-state index >= 15 is 0 Å². The van der Waals surface area contributed by atoms with E-state index < -0.39 is 23.2 Å². The lowest BCUT2D eigenvalue weighted by atomic mass is 9.93. The lowest BCUT2D eigenvalue weighted by Gasteiger charge is -2.25. The number of benzene rings is 2. The van der Waals surface area contributed by atoms with Gasteiger partial charge >= 0.3 is 6.18 Å². The van der Waals surface area contributed by atoms with Crippen LogP contribution in [0.25, 0.3) is 0 Å². The zero-order valence-corrected chi connectivity index (χ0v) is 10.7. The maximum Gasteiger partial charge on any atom is 0.433 e. The molecule has 0 saturated carbocycles. The second kappa shape index (κ2) is 5.58. The van der Waals surface area contributed by atoms with Crippen molar-refractivity contribution in [3.63, 3.8) is 0 Å². The number of alkyl halides is 3. The van der Waals surface area contributed by atoms with Crippen LogP contribution in [-0.2, 0) is 5.60 Å². The Balaban J connectivity index is 2.49. The number of aliphatic hydroxyl groups is 1. The molecule has 0 aliphatic heterocycles. The van der Waals surface area contributed by atoms with Gasteiger partial charge in [0.05, 0.1) is 0 Å². The molecule has 21 heavy (non-hydrogen) atoms. The van der Waals surface area contributed by atoms with E-state index in [1.807, 2.05) is 5.92 Å². The van der Waals surface area contributed by atoms with Gasteiger partial charge in [-0.25, -0.2) is 4.39 Å². The van der Waals surface area contributed by atoms with E-state index in [-0.39, 0.29) is 0 Å². The Kier molecular flexibility index (Phi) is 4.01. The van der Waals surface area contributed by atoms with Crippen molar-refractivity contribution in [1.29, 1.82) is 0 Å². The van der Waals surface area contributed by atoms with Crippen LogP contribution in [0.2, 0.25) is 0 Å². The molecule has 1 nitrogen and oxygen atoms in total. The Morgan fingerprint density at radius 2 is 1.43 bits per heavy atom. The number of hydrogen-bond donors (Lipinski definition) is 1. The molecule has 2 aromatic carbocycles. The van der Waals surface area contributed by atoms with Gasteiger partial charge in [0.25, 0.3) is 0 Å². The zero-order chi connectivity index (χ0) is 15.5. The van der Waals surface area contributed by atoms with Gasteiger partial charge in [0.15, 0.2) is 0 Å². The molecule has 0 radical (unpaired) electrons. The molecule has 0 aromatic heterocycles. The molecule has 1 N–H and O–H groups in total. The van der Waals surface area contributed by atoms with Crippen molar-refractivity contribution in [2.75, 3.05) is 0 Å². The highest BCUT2D eigenvalue weighted by molar-refractivity contribution is 5.41. The molecular formula is C16H10F4O. The molecule has 0 spiro atoms. The van der Waals surface area contributed by atoms with E-state index in [0.29, 0.717) is 5.56 Å². The van der Waals surface area contributed by atoms with Gasteiger partial charge in [-0.3, -0.25) is 0 Å². The molecule has 0 fully saturated rings. The molecule has 1 unspecified atom stereocenters. The fourth-order valence-electron chi connectivity index (χ4n) is 1.68. The van der Waals surface area contributed by atoms with E-state index in [1.54, 1.807) is 18.2 Å². The monoisotopic (exact) mass is 294 g/mol. The molecular weight excluding hydrogens is 284 g/mol. The summed E-state index contributed by atoms with van der Waals surface area (Å²) < 4.78 is 52.3. The van der Waals surface area contributed by atoms with Crippen molar-refractivity contribution >= 4 is 0 Å². The number of halogens is 4. The fraction of sp³-hybridized carbons (Fsp3) is 0.125. The number of hydrogen-bond acceptors (Lipinski definition) is 1. The molecule has 1 atom stereocenters. The molecule has 0 bridgehead atoms. The molecule has 2 aromatic rings. The maximum atomic E-state index is 13.1. The van der Waals surface area contributed by atoms with Crippen molar-refractivity contribution in [3.05, 3.63) is 71.5 Å². The first-order valence-corrected chi connectivity index (χ1v) is 5.96. The summed E-state index contributed by atoms with van der Waals surface area (Å²) in [5, 5.41) is 9.95. The molecule has 0 aliphatic rings. The van der Waals surface area contributed by atoms with Crippen LogP contribution in [-0.4, -0.2) is 11.3 Å². The van der Waals surface area contributed by atoms with Crippen LogP contribution in [0.5, 0.6) is 0 Å². The van der Waals surface area contributed by atoms with Crippen LogP contribution in [0, 0.1) is 17.7 Å². The first-order chi connectivity index (χ1) is 9.83. The average Bonchev–Trinajstić information content (AvgIpc) is 2.45. The fourth-order valence-corrected chi connectivity index (χ4v) is 1.68. The number of rotatable bonds is 1. The summed E-state index contributed by atoms with van der Waals surface area (Å²) in [5.41, 5.74) is -3.54. The van der Waals surface area contributed by atoms with Gasteiger partial charge in [0, 0.05) is 11.1 Å². The van der Waals surface area contributed by atoms with Crippen molar-refractivity contribution in [2.24, 2.45) is 0 Å². The largest absolute Gasteiger partial charge is 0.433 e. The van der Waals surface area contributed by atoms with E-state index in [9.17, 15) is 22.7 Å². The SMILES string of the molecule is OC(C#Cc1ccccc1)(c1ccc(F)cc1)C(F)(F)F. The first-order valence-electron chi connectivity index (χ1n) is 5.96. The summed E-state index contributed by atoms with van der Waals surface area (Å²) >= 11 is 0. The van der Waals surface area contributed by atoms with Crippen LogP contribution < -0.4 is 0 Å². The standard InChI is InChI=1S/C16H10F4O/c17-14-8-6-13(7-9-14)15(21,16(18,19)20)11-10-12-4-2-1-3-5-12/h1-9,21H. The van der Waals surface area contributed by atoms with Crippen molar-refractivity contribution in [1.82, 2.24) is 0 Å². The molecule has 0 amide bonds. The maximum absolute atomic E-state index is 13.1. The topological polar surface area (TPSA) is 20.2 Å². The van der Waals surface area contributed by atoms with Gasteiger partial charge in [-0.05, 0) is 30.2 Å². The van der Waals surface area contributed by atoms with E-state index in [1.165, 1.54) is 12.1 Å². The van der Waals surface area contributed by atoms with Crippen LogP contribution in [0.15, 0.2) is 54.6 Å². The Morgan fingerprint density at radius 1 is 0.857 bits per heavy atom. The molecule has 108 valence electrons. The van der Waals surface area contributed by atoms with Gasteiger partial charge in [-0.2, -0.15) is 13.2 Å². The minimum Gasteiger partial charge on any atom is -0.366 e. The lowest BCUT2D eigenvalue weighted by molar-refractivity contribution is -0.240. The van der Waals surface area contributed by atoms with Gasteiger partial charge in [0.2, 0.25) is 5.60 Å². The molecule has 2 rings (SSSR count). The summed E-state index contributed by atoms with van der Waals surface area (Å²) in [5.74, 6) is 3.44. The van der Waals surface area contributed by atoms with Crippen LogP contribution in [0.1, 0.15) is 11.1 Å². The Hall–Kier alpha value is -2.32. The summed E-state index contributed by atoms with van der Waals surface area (Å²) in [7, 11) is 0. The third-order valence-corrected chi connectivity index (χ3v) is 2.83. The third-order valence-electron chi connectivity index (χ3n) is 2.83. The van der Waals surface area contributed by atoms with Crippen LogP contribution in [0.3, 0.4) is 0 Å². The highest BCUT2D eigenvalue weighted by Gasteiger charge is 2.54. The minimum atomic E-state index is -5.01. The van der Waals surface area contributed by atoms with Gasteiger partial charge in [0.1, 0.15) is 5.82 Å². The second-order valence-corrected chi connectivity index (χ2v) is 4.33. The molecule has 0 saturated heterocycles. The van der Waals surface area contributed by atoms with Crippen molar-refractivity contribution in [2.45, 2.75) is 11.8 Å². The Morgan fingerprint density at radius 3 is 1.95 bits per heavy atom. The second-order valence-electron chi connectivity index (χ2n) is 4.33. The summed E-state index contributed by atoms with van der Waals surface area (Å²) in [4.78, 5) is 0. The highest BCUT2D eigenvalue weighted by atomic mass is 19.4. The Labute approximate surface area is 118 Å². The van der Waals surface area contributed by atoms with Crippen LogP contribution in [0.4, 0.5) is 17.6 Å². The van der Waals surface area contributed by atoms with E-state index in [2.05, 4.69) is 5.92 Å². The lowest BCUT2D eigenvalue weighted by Crippen LogP contribution is -2.41. The normalized spacial score (nSPS) is 14.0. The third kappa shape index (κ3) is 3.23. The highest BCUT2D eigenvalue weighted by Crippen LogP contribution is 2.38. The van der Waals surface area contributed by atoms with Gasteiger partial charge in [-0.15, -0.1) is 0 Å². The quantitative estimate of drug-likeness (QED) is 0.629. The zero-order valence-electron chi connectivity index (χ0n) is 10.7. The smallest absolute Gasteiger partial charge is 0.366 e. The predicted molar refractivity (Wildman–Crippen MR) is 69.7 cm³/mol. The summed E-state index contributed by atoms with van der Waals surface area (Å²) in [6, 6.07) is 11.4. The molecule has 0 aliphatic carbocycles. The van der Waals surface area contributed by atoms with Gasteiger partial charge in [-0.1, -0.05) is 36.3 Å².